The molecule has 1 heterocycles. The van der Waals surface area contributed by atoms with Crippen molar-refractivity contribution in [2.24, 2.45) is 0 Å². The van der Waals surface area contributed by atoms with Gasteiger partial charge in [-0.1, -0.05) is 27.7 Å². The Bertz CT molecular complexity index is 839. The maximum absolute atomic E-state index is 6.00. The van der Waals surface area contributed by atoms with Gasteiger partial charge in [0, 0.05) is 33.3 Å². The molecule has 174 valence electrons. The molecule has 0 atom stereocenters. The maximum atomic E-state index is 6.00. The van der Waals surface area contributed by atoms with Crippen molar-refractivity contribution >= 4 is 56.3 Å². The van der Waals surface area contributed by atoms with Gasteiger partial charge in [-0.15, -0.1) is 36.2 Å². The van der Waals surface area contributed by atoms with E-state index in [0.717, 1.165) is 64.0 Å². The average molecular weight is 488 g/mol. The van der Waals surface area contributed by atoms with E-state index < -0.39 is 0 Å². The molecule has 0 aliphatic rings. The summed E-state index contributed by atoms with van der Waals surface area (Å²) in [5.41, 5.74) is 0. The summed E-state index contributed by atoms with van der Waals surface area (Å²) >= 11 is 1.81. The highest BCUT2D eigenvalue weighted by atomic mass is 35.5. The molecule has 3 aromatic rings. The second-order valence-electron chi connectivity index (χ2n) is 7.17. The fraction of sp³-hybridized carbons (Fsp3) is 0.500. The van der Waals surface area contributed by atoms with Gasteiger partial charge in [-0.05, 0) is 62.6 Å². The number of fused-ring (bicyclic) bond motifs is 3. The Morgan fingerprint density at radius 3 is 1.39 bits per heavy atom. The molecule has 4 nitrogen and oxygen atoms in total. The topological polar surface area (TPSA) is 24.9 Å². The van der Waals surface area contributed by atoms with Gasteiger partial charge >= 0.3 is 0 Å². The van der Waals surface area contributed by atoms with E-state index in [1.807, 2.05) is 0 Å². The summed E-state index contributed by atoms with van der Waals surface area (Å²) in [6.07, 6.45) is 0. The molecule has 31 heavy (non-hydrogen) atoms. The van der Waals surface area contributed by atoms with Gasteiger partial charge in [0.05, 0.1) is 0 Å². The lowest BCUT2D eigenvalue weighted by Crippen LogP contribution is -2.27. The first kappa shape index (κ1) is 27.8. The van der Waals surface area contributed by atoms with Crippen molar-refractivity contribution in [3.05, 3.63) is 36.4 Å². The first-order valence-electron chi connectivity index (χ1n) is 10.8. The van der Waals surface area contributed by atoms with Crippen LogP contribution < -0.4 is 9.47 Å². The summed E-state index contributed by atoms with van der Waals surface area (Å²) in [6.45, 7) is 16.4. The summed E-state index contributed by atoms with van der Waals surface area (Å²) in [4.78, 5) is 4.75. The Morgan fingerprint density at radius 1 is 0.645 bits per heavy atom. The van der Waals surface area contributed by atoms with Crippen LogP contribution in [0, 0.1) is 0 Å². The molecule has 0 aliphatic carbocycles. The van der Waals surface area contributed by atoms with E-state index in [1.165, 1.54) is 20.2 Å². The van der Waals surface area contributed by atoms with Crippen molar-refractivity contribution < 1.29 is 9.47 Å². The average Bonchev–Trinajstić information content (AvgIpc) is 3.11. The highest BCUT2D eigenvalue weighted by Crippen LogP contribution is 2.37. The number of ether oxygens (including phenoxy) is 2. The third kappa shape index (κ3) is 7.40. The highest BCUT2D eigenvalue weighted by molar-refractivity contribution is 7.25. The zero-order valence-electron chi connectivity index (χ0n) is 19.1. The number of hydrogen-bond acceptors (Lipinski definition) is 5. The third-order valence-corrected chi connectivity index (χ3v) is 6.67. The highest BCUT2D eigenvalue weighted by Gasteiger charge is 2.09. The predicted octanol–water partition coefficient (Wildman–Crippen LogP) is 6.34. The Morgan fingerprint density at radius 2 is 1.03 bits per heavy atom. The third-order valence-electron chi connectivity index (χ3n) is 5.56. The van der Waals surface area contributed by atoms with Crippen LogP contribution in [-0.4, -0.2) is 62.3 Å². The van der Waals surface area contributed by atoms with E-state index in [0.29, 0.717) is 0 Å². The van der Waals surface area contributed by atoms with Gasteiger partial charge in [0.15, 0.2) is 0 Å². The predicted molar refractivity (Wildman–Crippen MR) is 140 cm³/mol. The van der Waals surface area contributed by atoms with Crippen molar-refractivity contribution in [1.29, 1.82) is 0 Å². The second kappa shape index (κ2) is 14.0. The molecular weight excluding hydrogens is 451 g/mol. The molecule has 0 spiro atoms. The zero-order chi connectivity index (χ0) is 20.6. The molecule has 0 saturated carbocycles. The molecule has 0 aliphatic heterocycles. The van der Waals surface area contributed by atoms with E-state index in [9.17, 15) is 0 Å². The van der Waals surface area contributed by atoms with Crippen molar-refractivity contribution in [2.45, 2.75) is 27.7 Å². The van der Waals surface area contributed by atoms with E-state index in [-0.39, 0.29) is 24.8 Å². The van der Waals surface area contributed by atoms with Crippen LogP contribution in [0.25, 0.3) is 20.2 Å². The van der Waals surface area contributed by atoms with Crippen LogP contribution in [0.5, 0.6) is 11.5 Å². The first-order valence-corrected chi connectivity index (χ1v) is 11.7. The van der Waals surface area contributed by atoms with Crippen LogP contribution in [0.2, 0.25) is 0 Å². The normalized spacial score (nSPS) is 11.0. The van der Waals surface area contributed by atoms with Crippen LogP contribution in [0.15, 0.2) is 36.4 Å². The number of thiophene rings is 1. The van der Waals surface area contributed by atoms with E-state index in [2.05, 4.69) is 73.9 Å². The quantitative estimate of drug-likeness (QED) is 0.298. The van der Waals surface area contributed by atoms with Gasteiger partial charge in [0.2, 0.25) is 0 Å². The summed E-state index contributed by atoms with van der Waals surface area (Å²) in [5.74, 6) is 1.90. The minimum absolute atomic E-state index is 0. The number of hydrogen-bond donors (Lipinski definition) is 0. The van der Waals surface area contributed by atoms with Gasteiger partial charge in [-0.3, -0.25) is 0 Å². The molecular formula is C24H36Cl2N2O2S. The Balaban J connectivity index is 0.00000240. The minimum atomic E-state index is 0. The zero-order valence-corrected chi connectivity index (χ0v) is 21.5. The van der Waals surface area contributed by atoms with Gasteiger partial charge < -0.3 is 19.3 Å². The van der Waals surface area contributed by atoms with Crippen LogP contribution in [0.4, 0.5) is 0 Å². The Kier molecular flexibility index (Phi) is 12.6. The molecule has 7 heteroatoms. The smallest absolute Gasteiger partial charge is 0.120 e. The van der Waals surface area contributed by atoms with Crippen molar-refractivity contribution in [3.63, 3.8) is 0 Å². The SMILES string of the molecule is CCN(CC)CCOc1ccc2c(c1)sc1cc(OCCN(CC)CC)ccc12.Cl.Cl. The number of benzene rings is 2. The Labute approximate surface area is 203 Å². The largest absolute Gasteiger partial charge is 0.492 e. The van der Waals surface area contributed by atoms with Crippen LogP contribution >= 0.6 is 36.2 Å². The molecule has 0 unspecified atom stereocenters. The molecule has 0 radical (unpaired) electrons. The summed E-state index contributed by atoms with van der Waals surface area (Å²) in [5, 5.41) is 2.58. The van der Waals surface area contributed by atoms with Crippen LogP contribution in [0.1, 0.15) is 27.7 Å². The van der Waals surface area contributed by atoms with Gasteiger partial charge in [-0.25, -0.2) is 0 Å². The van der Waals surface area contributed by atoms with E-state index in [4.69, 9.17) is 9.47 Å². The van der Waals surface area contributed by atoms with Gasteiger partial charge in [0.25, 0.3) is 0 Å². The molecule has 0 amide bonds. The lowest BCUT2D eigenvalue weighted by atomic mass is 10.1. The van der Waals surface area contributed by atoms with Crippen LogP contribution in [0.3, 0.4) is 0 Å². The molecule has 0 fully saturated rings. The van der Waals surface area contributed by atoms with Crippen molar-refractivity contribution in [3.8, 4) is 11.5 Å². The second-order valence-corrected chi connectivity index (χ2v) is 8.25. The lowest BCUT2D eigenvalue weighted by Gasteiger charge is -2.18. The summed E-state index contributed by atoms with van der Waals surface area (Å²) < 4.78 is 14.5. The minimum Gasteiger partial charge on any atom is -0.492 e. The first-order chi connectivity index (χ1) is 14.2. The number of nitrogens with zero attached hydrogens (tertiary/aromatic N) is 2. The monoisotopic (exact) mass is 486 g/mol. The molecule has 3 rings (SSSR count). The Hall–Kier alpha value is -1.24. The van der Waals surface area contributed by atoms with Crippen molar-refractivity contribution in [1.82, 2.24) is 9.80 Å². The van der Waals surface area contributed by atoms with Crippen molar-refractivity contribution in [2.75, 3.05) is 52.5 Å². The van der Waals surface area contributed by atoms with Gasteiger partial charge in [-0.2, -0.15) is 0 Å². The van der Waals surface area contributed by atoms with Crippen LogP contribution in [-0.2, 0) is 0 Å². The number of halogens is 2. The summed E-state index contributed by atoms with van der Waals surface area (Å²) in [6, 6.07) is 12.9. The maximum Gasteiger partial charge on any atom is 0.120 e. The number of likely N-dealkylation sites (N-methyl/N-ethyl adjacent to an activating group) is 2. The standard InChI is InChI=1S/C24H34N2O2S.2ClH/c1-5-25(6-2)13-15-27-19-9-11-21-22-12-10-20(18-24(22)29-23(21)17-19)28-16-14-26(7-3)8-4;;/h9-12,17-18H,5-8,13-16H2,1-4H3;2*1H. The molecule has 0 bridgehead atoms. The molecule has 1 aromatic heterocycles. The molecule has 0 N–H and O–H groups in total. The van der Waals surface area contributed by atoms with E-state index >= 15 is 0 Å². The summed E-state index contributed by atoms with van der Waals surface area (Å²) in [7, 11) is 0. The molecule has 0 saturated heterocycles. The number of rotatable bonds is 12. The lowest BCUT2D eigenvalue weighted by molar-refractivity contribution is 0.223. The fourth-order valence-electron chi connectivity index (χ4n) is 3.58. The molecule has 2 aromatic carbocycles. The van der Waals surface area contributed by atoms with Gasteiger partial charge in [0.1, 0.15) is 24.7 Å². The fourth-order valence-corrected chi connectivity index (χ4v) is 4.75. The van der Waals surface area contributed by atoms with E-state index in [1.54, 1.807) is 11.3 Å².